The lowest BCUT2D eigenvalue weighted by Crippen LogP contribution is -2.36. The van der Waals surface area contributed by atoms with E-state index in [0.717, 1.165) is 11.3 Å². The van der Waals surface area contributed by atoms with Crippen LogP contribution < -0.4 is 5.32 Å². The van der Waals surface area contributed by atoms with Gasteiger partial charge in [-0.05, 0) is 0 Å². The van der Waals surface area contributed by atoms with E-state index in [0.29, 0.717) is 37.4 Å². The molecule has 114 valence electrons. The van der Waals surface area contributed by atoms with Crippen LogP contribution in [-0.2, 0) is 24.3 Å². The second kappa shape index (κ2) is 5.92. The summed E-state index contributed by atoms with van der Waals surface area (Å²) in [6, 6.07) is 0. The molecule has 0 aliphatic carbocycles. The van der Waals surface area contributed by atoms with Crippen molar-refractivity contribution in [2.24, 2.45) is 0 Å². The van der Waals surface area contributed by atoms with Crippen molar-refractivity contribution in [3.05, 3.63) is 41.3 Å². The van der Waals surface area contributed by atoms with Crippen molar-refractivity contribution in [2.75, 3.05) is 6.54 Å². The molecule has 0 saturated carbocycles. The molecule has 1 aliphatic rings. The molecule has 0 saturated heterocycles. The van der Waals surface area contributed by atoms with E-state index >= 15 is 0 Å². The van der Waals surface area contributed by atoms with Crippen LogP contribution in [0.3, 0.4) is 0 Å². The van der Waals surface area contributed by atoms with Gasteiger partial charge in [0, 0.05) is 37.8 Å². The highest BCUT2D eigenvalue weighted by molar-refractivity contribution is 5.92. The second-order valence-corrected chi connectivity index (χ2v) is 5.01. The Morgan fingerprint density at radius 2 is 2.27 bits per heavy atom. The Morgan fingerprint density at radius 1 is 1.41 bits per heavy atom. The van der Waals surface area contributed by atoms with E-state index in [1.165, 1.54) is 25.5 Å². The Labute approximate surface area is 126 Å². The van der Waals surface area contributed by atoms with Crippen LogP contribution in [0.4, 0.5) is 0 Å². The molecule has 2 amide bonds. The molecule has 0 spiro atoms. The number of fused-ring (bicyclic) bond motifs is 1. The van der Waals surface area contributed by atoms with E-state index < -0.39 is 0 Å². The lowest BCUT2D eigenvalue weighted by molar-refractivity contribution is -0.119. The fourth-order valence-electron chi connectivity index (χ4n) is 2.36. The maximum Gasteiger partial charge on any atom is 0.274 e. The number of hydrogen-bond acceptors (Lipinski definition) is 6. The molecule has 8 nitrogen and oxygen atoms in total. The largest absolute Gasteiger partial charge is 0.361 e. The molecular formula is C14H15N5O3. The Balaban J connectivity index is 1.76. The fourth-order valence-corrected chi connectivity index (χ4v) is 2.36. The molecule has 2 aromatic rings. The molecule has 0 unspecified atom stereocenters. The summed E-state index contributed by atoms with van der Waals surface area (Å²) in [7, 11) is 0. The molecule has 2 aromatic heterocycles. The summed E-state index contributed by atoms with van der Waals surface area (Å²) in [5.41, 5.74) is 1.82. The highest BCUT2D eigenvalue weighted by Gasteiger charge is 2.28. The third-order valence-electron chi connectivity index (χ3n) is 3.48. The predicted molar refractivity (Wildman–Crippen MR) is 74.5 cm³/mol. The molecule has 1 N–H and O–H groups in total. The lowest BCUT2D eigenvalue weighted by Gasteiger charge is -2.25. The van der Waals surface area contributed by atoms with Gasteiger partial charge in [0.1, 0.15) is 17.1 Å². The van der Waals surface area contributed by atoms with Gasteiger partial charge in [0.2, 0.25) is 5.91 Å². The number of hydrogen-bond donors (Lipinski definition) is 1. The third-order valence-corrected chi connectivity index (χ3v) is 3.48. The van der Waals surface area contributed by atoms with Crippen molar-refractivity contribution in [3.63, 3.8) is 0 Å². The molecule has 3 rings (SSSR count). The van der Waals surface area contributed by atoms with E-state index in [9.17, 15) is 9.59 Å². The molecule has 0 radical (unpaired) electrons. The average Bonchev–Trinajstić information content (AvgIpc) is 2.95. The van der Waals surface area contributed by atoms with Crippen molar-refractivity contribution >= 4 is 11.8 Å². The Morgan fingerprint density at radius 3 is 3.00 bits per heavy atom. The lowest BCUT2D eigenvalue weighted by atomic mass is 10.1. The van der Waals surface area contributed by atoms with E-state index in [1.54, 1.807) is 4.90 Å². The summed E-state index contributed by atoms with van der Waals surface area (Å²) in [4.78, 5) is 33.1. The topological polar surface area (TPSA) is 101 Å². The number of nitrogens with one attached hydrogen (secondary N) is 1. The molecule has 0 bridgehead atoms. The summed E-state index contributed by atoms with van der Waals surface area (Å²) < 4.78 is 5.29. The van der Waals surface area contributed by atoms with E-state index in [-0.39, 0.29) is 11.8 Å². The van der Waals surface area contributed by atoms with Gasteiger partial charge in [-0.15, -0.1) is 0 Å². The van der Waals surface area contributed by atoms with Crippen LogP contribution in [0.2, 0.25) is 0 Å². The quantitative estimate of drug-likeness (QED) is 0.875. The summed E-state index contributed by atoms with van der Waals surface area (Å²) in [5.74, 6) is 0.453. The van der Waals surface area contributed by atoms with E-state index in [2.05, 4.69) is 20.4 Å². The molecule has 0 atom stereocenters. The molecule has 0 fully saturated rings. The van der Waals surface area contributed by atoms with Crippen LogP contribution in [0.5, 0.6) is 0 Å². The molecular weight excluding hydrogens is 286 g/mol. The first-order chi connectivity index (χ1) is 10.6. The standard InChI is InChI=1S/C14H15N5O3/c1-9(20)17-7-11-10-8-19(5-2-13(10)22-18-11)14(21)12-6-15-3-4-16-12/h3-4,6H,2,5,7-8H2,1H3,(H,17,20). The second-order valence-electron chi connectivity index (χ2n) is 5.01. The smallest absolute Gasteiger partial charge is 0.274 e. The number of carbonyl (C=O) groups excluding carboxylic acids is 2. The summed E-state index contributed by atoms with van der Waals surface area (Å²) in [5, 5.41) is 6.67. The molecule has 22 heavy (non-hydrogen) atoms. The number of amides is 2. The Bertz CT molecular complexity index is 698. The minimum absolute atomic E-state index is 0.139. The van der Waals surface area contributed by atoms with Crippen molar-refractivity contribution in [1.29, 1.82) is 0 Å². The highest BCUT2D eigenvalue weighted by Crippen LogP contribution is 2.23. The van der Waals surface area contributed by atoms with Gasteiger partial charge in [-0.1, -0.05) is 5.16 Å². The van der Waals surface area contributed by atoms with Crippen LogP contribution in [0.25, 0.3) is 0 Å². The number of rotatable bonds is 3. The first-order valence-corrected chi connectivity index (χ1v) is 6.91. The first kappa shape index (κ1) is 14.2. The normalized spacial score (nSPS) is 13.6. The van der Waals surface area contributed by atoms with Gasteiger partial charge in [0.25, 0.3) is 5.91 Å². The van der Waals surface area contributed by atoms with Gasteiger partial charge in [0.05, 0.1) is 19.3 Å². The zero-order chi connectivity index (χ0) is 15.5. The third kappa shape index (κ3) is 2.80. The summed E-state index contributed by atoms with van der Waals surface area (Å²) >= 11 is 0. The first-order valence-electron chi connectivity index (χ1n) is 6.91. The zero-order valence-electron chi connectivity index (χ0n) is 12.1. The molecule has 8 heteroatoms. The minimum atomic E-state index is -0.176. The Hall–Kier alpha value is -2.77. The maximum absolute atomic E-state index is 12.4. The van der Waals surface area contributed by atoms with Gasteiger partial charge >= 0.3 is 0 Å². The van der Waals surface area contributed by atoms with Crippen LogP contribution >= 0.6 is 0 Å². The SMILES string of the molecule is CC(=O)NCc1noc2c1CN(C(=O)c1cnccn1)CC2. The van der Waals surface area contributed by atoms with Crippen LogP contribution in [0.1, 0.15) is 34.4 Å². The monoisotopic (exact) mass is 301 g/mol. The number of carbonyl (C=O) groups is 2. The van der Waals surface area contributed by atoms with Crippen LogP contribution in [0.15, 0.2) is 23.1 Å². The van der Waals surface area contributed by atoms with Gasteiger partial charge in [-0.2, -0.15) is 0 Å². The van der Waals surface area contributed by atoms with Gasteiger partial charge < -0.3 is 14.7 Å². The van der Waals surface area contributed by atoms with Crippen molar-refractivity contribution < 1.29 is 14.1 Å². The van der Waals surface area contributed by atoms with Crippen molar-refractivity contribution in [2.45, 2.75) is 26.4 Å². The van der Waals surface area contributed by atoms with Crippen LogP contribution in [0, 0.1) is 0 Å². The molecule has 1 aliphatic heterocycles. The van der Waals surface area contributed by atoms with E-state index in [4.69, 9.17) is 4.52 Å². The zero-order valence-corrected chi connectivity index (χ0v) is 12.1. The maximum atomic E-state index is 12.4. The molecule has 3 heterocycles. The molecule has 0 aromatic carbocycles. The van der Waals surface area contributed by atoms with Crippen LogP contribution in [-0.4, -0.2) is 38.4 Å². The van der Waals surface area contributed by atoms with Gasteiger partial charge in [-0.3, -0.25) is 14.6 Å². The number of aromatic nitrogens is 3. The van der Waals surface area contributed by atoms with Crippen molar-refractivity contribution in [3.8, 4) is 0 Å². The van der Waals surface area contributed by atoms with Crippen molar-refractivity contribution in [1.82, 2.24) is 25.3 Å². The fraction of sp³-hybridized carbons (Fsp3) is 0.357. The number of nitrogens with zero attached hydrogens (tertiary/aromatic N) is 4. The Kier molecular flexibility index (Phi) is 3.82. The predicted octanol–water partition coefficient (Wildman–Crippen LogP) is 0.299. The highest BCUT2D eigenvalue weighted by atomic mass is 16.5. The summed E-state index contributed by atoms with van der Waals surface area (Å²) in [6.07, 6.45) is 5.05. The minimum Gasteiger partial charge on any atom is -0.361 e. The summed E-state index contributed by atoms with van der Waals surface area (Å²) in [6.45, 7) is 2.66. The van der Waals surface area contributed by atoms with E-state index in [1.807, 2.05) is 0 Å². The average molecular weight is 301 g/mol. The van der Waals surface area contributed by atoms with Gasteiger partial charge in [-0.25, -0.2) is 4.98 Å². The van der Waals surface area contributed by atoms with Gasteiger partial charge in [0.15, 0.2) is 0 Å².